The van der Waals surface area contributed by atoms with E-state index >= 15 is 0 Å². The Hall–Kier alpha value is -4.98. The van der Waals surface area contributed by atoms with E-state index in [4.69, 9.17) is 9.47 Å². The standard InChI is InChI=1S/C37H41N5O8S/c1-2-26-21-37(26,35(45)41-51(47,48)28-14-15-28)40-32(43)30-20-27-22-42(30)34(44)31(25-10-6-3-7-11-25)39-36(46)49-18-8-4-5-9-23-12-13-24-16-17-38-33(50-27)29(24)19-23/h2-3,6-7,10-13,16-17,19,26-28,30-31H,1,4-5,8-9,14-15,18,20-22H2,(H,39,46)(H,40,43)(H,41,45)/t26-,27-,30+,31+,37?/m1/s1. The predicted molar refractivity (Wildman–Crippen MR) is 187 cm³/mol. The van der Waals surface area contributed by atoms with E-state index in [1.54, 1.807) is 36.5 Å². The van der Waals surface area contributed by atoms with Crippen LogP contribution in [0.1, 0.15) is 62.1 Å². The molecule has 1 saturated heterocycles. The Balaban J connectivity index is 1.22. The van der Waals surface area contributed by atoms with Gasteiger partial charge in [-0.05, 0) is 73.6 Å². The smallest absolute Gasteiger partial charge is 0.408 e. The van der Waals surface area contributed by atoms with Crippen LogP contribution in [0.15, 0.2) is 73.4 Å². The maximum atomic E-state index is 14.5. The van der Waals surface area contributed by atoms with E-state index in [9.17, 15) is 27.6 Å². The van der Waals surface area contributed by atoms with Gasteiger partial charge in [0.15, 0.2) is 0 Å². The first-order valence-corrected chi connectivity index (χ1v) is 19.0. The number of alkyl carbamates (subject to hydrolysis) is 1. The molecule has 2 saturated carbocycles. The Bertz CT molecular complexity index is 1970. The van der Waals surface area contributed by atoms with Crippen LogP contribution in [0.5, 0.6) is 5.88 Å². The van der Waals surface area contributed by atoms with E-state index in [-0.39, 0.29) is 26.0 Å². The Morgan fingerprint density at radius 2 is 1.86 bits per heavy atom. The maximum Gasteiger partial charge on any atom is 0.408 e. The van der Waals surface area contributed by atoms with Crippen molar-refractivity contribution in [1.82, 2.24) is 25.2 Å². The molecule has 3 fully saturated rings. The highest BCUT2D eigenvalue weighted by Crippen LogP contribution is 2.45. The lowest BCUT2D eigenvalue weighted by Crippen LogP contribution is -2.57. The summed E-state index contributed by atoms with van der Waals surface area (Å²) >= 11 is 0. The molecule has 268 valence electrons. The summed E-state index contributed by atoms with van der Waals surface area (Å²) in [4.78, 5) is 61.2. The number of benzene rings is 2. The summed E-state index contributed by atoms with van der Waals surface area (Å²) in [7, 11) is -3.89. The molecule has 0 spiro atoms. The molecule has 4 bridgehead atoms. The molecule has 51 heavy (non-hydrogen) atoms. The summed E-state index contributed by atoms with van der Waals surface area (Å²) in [6.45, 7) is 3.91. The van der Waals surface area contributed by atoms with Crippen molar-refractivity contribution in [2.45, 2.75) is 80.3 Å². The summed E-state index contributed by atoms with van der Waals surface area (Å²) in [5, 5.41) is 6.60. The van der Waals surface area contributed by atoms with E-state index < -0.39 is 68.7 Å². The van der Waals surface area contributed by atoms with Gasteiger partial charge in [-0.1, -0.05) is 48.5 Å². The number of aromatic nitrogens is 1. The van der Waals surface area contributed by atoms with Gasteiger partial charge < -0.3 is 25.0 Å². The third-order valence-corrected chi connectivity index (χ3v) is 12.0. The number of nitrogens with one attached hydrogen (secondary N) is 3. The predicted octanol–water partition coefficient (Wildman–Crippen LogP) is 3.45. The van der Waals surface area contributed by atoms with Gasteiger partial charge in [-0.15, -0.1) is 6.58 Å². The Kier molecular flexibility index (Phi) is 9.44. The summed E-state index contributed by atoms with van der Waals surface area (Å²) in [6, 6.07) is 14.3. The zero-order valence-corrected chi connectivity index (χ0v) is 28.9. The van der Waals surface area contributed by atoms with Gasteiger partial charge in [0.25, 0.3) is 11.8 Å². The van der Waals surface area contributed by atoms with Crippen LogP contribution in [-0.4, -0.2) is 78.2 Å². The number of aryl methyl sites for hydroxylation is 1. The zero-order chi connectivity index (χ0) is 35.8. The van der Waals surface area contributed by atoms with Gasteiger partial charge in [-0.25, -0.2) is 18.2 Å². The normalized spacial score (nSPS) is 26.9. The molecule has 4 aliphatic rings. The molecule has 7 rings (SSSR count). The van der Waals surface area contributed by atoms with Gasteiger partial charge in [0.1, 0.15) is 23.7 Å². The fourth-order valence-electron chi connectivity index (χ4n) is 7.02. The number of pyridine rings is 1. The second kappa shape index (κ2) is 14.0. The van der Waals surface area contributed by atoms with Crippen molar-refractivity contribution in [1.29, 1.82) is 0 Å². The fourth-order valence-corrected chi connectivity index (χ4v) is 8.39. The van der Waals surface area contributed by atoms with Crippen LogP contribution in [0.2, 0.25) is 0 Å². The van der Waals surface area contributed by atoms with Gasteiger partial charge in [-0.3, -0.25) is 19.1 Å². The van der Waals surface area contributed by atoms with Crippen LogP contribution >= 0.6 is 0 Å². The van der Waals surface area contributed by atoms with Gasteiger partial charge in [-0.2, -0.15) is 0 Å². The Morgan fingerprint density at radius 1 is 1.06 bits per heavy atom. The summed E-state index contributed by atoms with van der Waals surface area (Å²) in [5.41, 5.74) is 0.0327. The second-order valence-corrected chi connectivity index (χ2v) is 15.7. The number of cyclic esters (lactones) is 1. The lowest BCUT2D eigenvalue weighted by atomic mass is 10.0. The number of carbonyl (C=O) groups excluding carboxylic acids is 4. The number of sulfonamides is 1. The minimum Gasteiger partial charge on any atom is -0.472 e. The van der Waals surface area contributed by atoms with Crippen molar-refractivity contribution in [2.24, 2.45) is 5.92 Å². The highest BCUT2D eigenvalue weighted by atomic mass is 32.2. The lowest BCUT2D eigenvalue weighted by molar-refractivity contribution is -0.141. The number of ether oxygens (including phenoxy) is 2. The molecular weight excluding hydrogens is 675 g/mol. The molecule has 1 aromatic heterocycles. The van der Waals surface area contributed by atoms with Crippen LogP contribution in [0.25, 0.3) is 10.8 Å². The van der Waals surface area contributed by atoms with Crippen molar-refractivity contribution in [2.75, 3.05) is 13.2 Å². The Morgan fingerprint density at radius 3 is 2.61 bits per heavy atom. The van der Waals surface area contributed by atoms with Crippen molar-refractivity contribution in [3.8, 4) is 5.88 Å². The van der Waals surface area contributed by atoms with Crippen LogP contribution < -0.4 is 20.1 Å². The van der Waals surface area contributed by atoms with Gasteiger partial charge in [0, 0.05) is 23.9 Å². The third-order valence-electron chi connectivity index (χ3n) is 10.2. The van der Waals surface area contributed by atoms with Crippen LogP contribution in [0, 0.1) is 5.92 Å². The van der Waals surface area contributed by atoms with Crippen molar-refractivity contribution in [3.05, 3.63) is 84.6 Å². The minimum absolute atomic E-state index is 0.0329. The monoisotopic (exact) mass is 715 g/mol. The van der Waals surface area contributed by atoms with E-state index in [2.05, 4.69) is 33.0 Å². The topological polar surface area (TPSA) is 173 Å². The molecule has 1 unspecified atom stereocenters. The quantitative estimate of drug-likeness (QED) is 0.310. The summed E-state index contributed by atoms with van der Waals surface area (Å²) in [6.07, 6.45) is 5.96. The van der Waals surface area contributed by atoms with Crippen molar-refractivity contribution in [3.63, 3.8) is 0 Å². The number of carbonyl (C=O) groups is 4. The molecule has 4 amide bonds. The van der Waals surface area contributed by atoms with E-state index in [0.717, 1.165) is 35.6 Å². The first kappa shape index (κ1) is 34.5. The molecule has 3 heterocycles. The minimum atomic E-state index is -3.89. The third kappa shape index (κ3) is 7.27. The van der Waals surface area contributed by atoms with Crippen LogP contribution in [0.3, 0.4) is 0 Å². The Labute approximate surface area is 296 Å². The molecular formula is C37H41N5O8S. The average Bonchev–Trinajstić information content (AvgIpc) is 4.05. The number of fused-ring (bicyclic) bond motifs is 3. The van der Waals surface area contributed by atoms with E-state index in [1.165, 1.54) is 11.0 Å². The van der Waals surface area contributed by atoms with Crippen molar-refractivity contribution < 1.29 is 37.1 Å². The number of hydrogen-bond acceptors (Lipinski definition) is 9. The van der Waals surface area contributed by atoms with E-state index in [0.29, 0.717) is 30.7 Å². The average molecular weight is 716 g/mol. The molecule has 3 N–H and O–H groups in total. The summed E-state index contributed by atoms with van der Waals surface area (Å²) < 4.78 is 39.5. The molecule has 3 aromatic rings. The summed E-state index contributed by atoms with van der Waals surface area (Å²) in [5.74, 6) is -2.23. The number of rotatable bonds is 7. The van der Waals surface area contributed by atoms with Crippen LogP contribution in [-0.2, 0) is 35.6 Å². The second-order valence-electron chi connectivity index (χ2n) is 13.8. The first-order chi connectivity index (χ1) is 24.6. The number of amides is 4. The van der Waals surface area contributed by atoms with Gasteiger partial charge >= 0.3 is 6.09 Å². The largest absolute Gasteiger partial charge is 0.472 e. The SMILES string of the molecule is C=C[C@@H]1CC1(NC(=O)[C@@H]1C[C@@H]2CN1C(=O)[C@H](c1ccccc1)NC(=O)OCCCCCc1ccc3ccnc(c3c1)O2)C(=O)NS(=O)(=O)C1CC1. The lowest BCUT2D eigenvalue weighted by Gasteiger charge is -2.30. The maximum absolute atomic E-state index is 14.5. The molecule has 2 aromatic carbocycles. The molecule has 5 atom stereocenters. The fraction of sp³-hybridized carbons (Fsp3) is 0.432. The van der Waals surface area contributed by atoms with Crippen LogP contribution in [0.4, 0.5) is 4.79 Å². The zero-order valence-electron chi connectivity index (χ0n) is 28.1. The van der Waals surface area contributed by atoms with Crippen molar-refractivity contribution >= 4 is 44.6 Å². The molecule has 13 nitrogen and oxygen atoms in total. The highest BCUT2D eigenvalue weighted by molar-refractivity contribution is 7.91. The molecule has 2 aliphatic heterocycles. The van der Waals surface area contributed by atoms with E-state index in [1.807, 2.05) is 18.2 Å². The number of hydrogen-bond donors (Lipinski definition) is 3. The molecule has 0 radical (unpaired) electrons. The molecule has 14 heteroatoms. The molecule has 2 aliphatic carbocycles. The highest BCUT2D eigenvalue weighted by Gasteiger charge is 2.62. The van der Waals surface area contributed by atoms with Gasteiger partial charge in [0.05, 0.1) is 18.4 Å². The number of nitrogens with zero attached hydrogens (tertiary/aromatic N) is 2. The first-order valence-electron chi connectivity index (χ1n) is 17.4. The van der Waals surface area contributed by atoms with Gasteiger partial charge in [0.2, 0.25) is 21.8 Å².